The van der Waals surface area contributed by atoms with Gasteiger partial charge in [0.25, 0.3) is 0 Å². The number of amides is 1. The Kier molecular flexibility index (Phi) is 4.94. The van der Waals surface area contributed by atoms with Gasteiger partial charge in [-0.15, -0.1) is 0 Å². The first-order chi connectivity index (χ1) is 14.2. The molecule has 0 bridgehead atoms. The topological polar surface area (TPSA) is 77.2 Å². The number of fused-ring (bicyclic) bond motifs is 3. The van der Waals surface area contributed by atoms with Crippen LogP contribution in [0.1, 0.15) is 44.9 Å². The molecule has 4 aromatic rings. The van der Waals surface area contributed by atoms with Crippen molar-refractivity contribution >= 4 is 28.2 Å². The quantitative estimate of drug-likeness (QED) is 0.458. The van der Waals surface area contributed by atoms with Crippen LogP contribution in [0.25, 0.3) is 33.3 Å². The van der Waals surface area contributed by atoms with Crippen molar-refractivity contribution in [1.29, 1.82) is 0 Å². The van der Waals surface area contributed by atoms with Crippen molar-refractivity contribution in [3.05, 3.63) is 59.9 Å². The summed E-state index contributed by atoms with van der Waals surface area (Å²) in [6.07, 6.45) is 3.06. The lowest BCUT2D eigenvalue weighted by atomic mass is 10.0. The van der Waals surface area contributed by atoms with Gasteiger partial charge in [-0.25, -0.2) is 4.79 Å². The standard InChI is InChI=1S/C24H25N3O3/c1-14-12-17(15(2)27-23(28)30-24(3,4)5)21-18(13-14)20-22(29-21)16(9-11-26-20)19-8-6-7-10-25-19/h6-13,15H,1-5H3,(H,27,28)/t15-/m1/s1. The predicted molar refractivity (Wildman–Crippen MR) is 117 cm³/mol. The Hall–Kier alpha value is -3.41. The van der Waals surface area contributed by atoms with Crippen LogP contribution in [-0.2, 0) is 4.74 Å². The van der Waals surface area contributed by atoms with E-state index in [0.29, 0.717) is 11.2 Å². The molecule has 0 unspecified atom stereocenters. The molecule has 0 aliphatic rings. The van der Waals surface area contributed by atoms with Crippen molar-refractivity contribution < 1.29 is 13.9 Å². The zero-order valence-electron chi connectivity index (χ0n) is 17.8. The number of carbonyl (C=O) groups excluding carboxylic acids is 1. The molecular formula is C24H25N3O3. The molecule has 0 aliphatic heterocycles. The van der Waals surface area contributed by atoms with Gasteiger partial charge in [-0.2, -0.15) is 0 Å². The Bertz CT molecular complexity index is 1220. The second-order valence-electron chi connectivity index (χ2n) is 8.45. The lowest BCUT2D eigenvalue weighted by Gasteiger charge is -2.22. The van der Waals surface area contributed by atoms with Crippen molar-refractivity contribution in [1.82, 2.24) is 15.3 Å². The van der Waals surface area contributed by atoms with Gasteiger partial charge < -0.3 is 14.5 Å². The van der Waals surface area contributed by atoms with Crippen LogP contribution in [0, 0.1) is 6.92 Å². The Morgan fingerprint density at radius 2 is 1.90 bits per heavy atom. The zero-order chi connectivity index (χ0) is 21.5. The number of aryl methyl sites for hydroxylation is 1. The number of aromatic nitrogens is 2. The summed E-state index contributed by atoms with van der Waals surface area (Å²) in [4.78, 5) is 21.3. The second kappa shape index (κ2) is 7.44. The van der Waals surface area contributed by atoms with E-state index in [-0.39, 0.29) is 6.04 Å². The monoisotopic (exact) mass is 403 g/mol. The second-order valence-corrected chi connectivity index (χ2v) is 8.45. The van der Waals surface area contributed by atoms with Gasteiger partial charge in [0.15, 0.2) is 5.58 Å². The molecule has 6 nitrogen and oxygen atoms in total. The fourth-order valence-electron chi connectivity index (χ4n) is 3.54. The molecule has 3 aromatic heterocycles. The summed E-state index contributed by atoms with van der Waals surface area (Å²) in [5.41, 5.74) is 5.24. The van der Waals surface area contributed by atoms with Gasteiger partial charge in [0.05, 0.1) is 11.7 Å². The normalized spacial score (nSPS) is 12.8. The van der Waals surface area contributed by atoms with Gasteiger partial charge in [0.1, 0.15) is 16.7 Å². The van der Waals surface area contributed by atoms with Crippen molar-refractivity contribution in [3.63, 3.8) is 0 Å². The van der Waals surface area contributed by atoms with E-state index in [2.05, 4.69) is 21.4 Å². The van der Waals surface area contributed by atoms with Crippen LogP contribution in [0.2, 0.25) is 0 Å². The molecule has 30 heavy (non-hydrogen) atoms. The highest BCUT2D eigenvalue weighted by molar-refractivity contribution is 6.08. The number of ether oxygens (including phenoxy) is 1. The van der Waals surface area contributed by atoms with Gasteiger partial charge in [0.2, 0.25) is 0 Å². The molecule has 0 fully saturated rings. The molecule has 3 heterocycles. The first kappa shape index (κ1) is 19.9. The minimum absolute atomic E-state index is 0.305. The van der Waals surface area contributed by atoms with Gasteiger partial charge in [0, 0.05) is 28.9 Å². The average Bonchev–Trinajstić information content (AvgIpc) is 3.05. The van der Waals surface area contributed by atoms with Crippen molar-refractivity contribution in [2.75, 3.05) is 0 Å². The largest absolute Gasteiger partial charge is 0.453 e. The van der Waals surface area contributed by atoms with Crippen LogP contribution in [0.5, 0.6) is 0 Å². The number of benzene rings is 1. The summed E-state index contributed by atoms with van der Waals surface area (Å²) < 4.78 is 11.7. The van der Waals surface area contributed by atoms with E-state index in [4.69, 9.17) is 9.15 Å². The Labute approximate surface area is 175 Å². The number of pyridine rings is 2. The van der Waals surface area contributed by atoms with Crippen molar-refractivity contribution in [2.24, 2.45) is 0 Å². The lowest BCUT2D eigenvalue weighted by molar-refractivity contribution is 0.0508. The maximum atomic E-state index is 12.3. The smallest absolute Gasteiger partial charge is 0.408 e. The van der Waals surface area contributed by atoms with E-state index >= 15 is 0 Å². The van der Waals surface area contributed by atoms with Crippen molar-refractivity contribution in [2.45, 2.75) is 46.3 Å². The van der Waals surface area contributed by atoms with Crippen molar-refractivity contribution in [3.8, 4) is 11.3 Å². The lowest BCUT2D eigenvalue weighted by Crippen LogP contribution is -2.34. The van der Waals surface area contributed by atoms with Gasteiger partial charge in [-0.05, 0) is 64.4 Å². The number of furan rings is 1. The SMILES string of the molecule is Cc1cc([C@@H](C)NC(=O)OC(C)(C)C)c2oc3c(-c4ccccn4)ccnc3c2c1. The van der Waals surface area contributed by atoms with Crippen LogP contribution in [0.4, 0.5) is 4.79 Å². The number of carbonyl (C=O) groups is 1. The maximum absolute atomic E-state index is 12.3. The number of rotatable bonds is 3. The fraction of sp³-hybridized carbons (Fsp3) is 0.292. The van der Waals surface area contributed by atoms with Crippen LogP contribution < -0.4 is 5.32 Å². The molecule has 1 amide bonds. The van der Waals surface area contributed by atoms with Gasteiger partial charge in [-0.3, -0.25) is 9.97 Å². The number of nitrogens with one attached hydrogen (secondary N) is 1. The zero-order valence-corrected chi connectivity index (χ0v) is 17.8. The fourth-order valence-corrected chi connectivity index (χ4v) is 3.54. The molecule has 1 atom stereocenters. The molecule has 0 radical (unpaired) electrons. The third kappa shape index (κ3) is 3.85. The number of alkyl carbamates (subject to hydrolysis) is 1. The molecule has 0 saturated carbocycles. The molecule has 1 N–H and O–H groups in total. The van der Waals surface area contributed by atoms with E-state index in [9.17, 15) is 4.79 Å². The summed E-state index contributed by atoms with van der Waals surface area (Å²) >= 11 is 0. The van der Waals surface area contributed by atoms with Gasteiger partial charge in [-0.1, -0.05) is 12.1 Å². The third-order valence-electron chi connectivity index (χ3n) is 4.77. The highest BCUT2D eigenvalue weighted by atomic mass is 16.6. The van der Waals surface area contributed by atoms with Crippen LogP contribution in [0.3, 0.4) is 0 Å². The summed E-state index contributed by atoms with van der Waals surface area (Å²) in [5, 5.41) is 3.82. The first-order valence-corrected chi connectivity index (χ1v) is 9.95. The highest BCUT2D eigenvalue weighted by Crippen LogP contribution is 2.37. The Morgan fingerprint density at radius 3 is 2.60 bits per heavy atom. The first-order valence-electron chi connectivity index (χ1n) is 9.95. The molecule has 1 aromatic carbocycles. The van der Waals surface area contributed by atoms with E-state index in [1.54, 1.807) is 12.4 Å². The van der Waals surface area contributed by atoms with E-state index in [1.165, 1.54) is 0 Å². The highest BCUT2D eigenvalue weighted by Gasteiger charge is 2.22. The molecule has 0 saturated heterocycles. The molecule has 0 spiro atoms. The van der Waals surface area contributed by atoms with E-state index < -0.39 is 11.7 Å². The summed E-state index contributed by atoms with van der Waals surface area (Å²) in [6, 6.07) is 11.4. The molecule has 4 rings (SSSR count). The Balaban J connectivity index is 1.83. The van der Waals surface area contributed by atoms with E-state index in [0.717, 1.165) is 33.3 Å². The summed E-state index contributed by atoms with van der Waals surface area (Å²) in [5.74, 6) is 0. The Morgan fingerprint density at radius 1 is 1.10 bits per heavy atom. The molecule has 6 heteroatoms. The average molecular weight is 403 g/mol. The number of hydrogen-bond acceptors (Lipinski definition) is 5. The maximum Gasteiger partial charge on any atom is 0.408 e. The van der Waals surface area contributed by atoms with Crippen LogP contribution in [0.15, 0.2) is 53.2 Å². The van der Waals surface area contributed by atoms with Crippen LogP contribution >= 0.6 is 0 Å². The predicted octanol–water partition coefficient (Wildman–Crippen LogP) is 5.94. The molecule has 0 aliphatic carbocycles. The summed E-state index contributed by atoms with van der Waals surface area (Å²) in [7, 11) is 0. The van der Waals surface area contributed by atoms with Gasteiger partial charge >= 0.3 is 6.09 Å². The third-order valence-corrected chi connectivity index (χ3v) is 4.77. The number of nitrogens with zero attached hydrogens (tertiary/aromatic N) is 2. The van der Waals surface area contributed by atoms with E-state index in [1.807, 2.05) is 65.0 Å². The minimum Gasteiger partial charge on any atom is -0.453 e. The summed E-state index contributed by atoms with van der Waals surface area (Å²) in [6.45, 7) is 9.45. The van der Waals surface area contributed by atoms with Crippen LogP contribution in [-0.4, -0.2) is 21.7 Å². The molecule has 154 valence electrons. The number of hydrogen-bond donors (Lipinski definition) is 1. The minimum atomic E-state index is -0.563. The molecular weight excluding hydrogens is 378 g/mol.